The van der Waals surface area contributed by atoms with Crippen molar-refractivity contribution in [2.24, 2.45) is 0 Å². The third-order valence-corrected chi connectivity index (χ3v) is 3.99. The number of hydrogen-bond acceptors (Lipinski definition) is 4. The molecule has 3 amide bonds. The average Bonchev–Trinajstić information content (AvgIpc) is 2.79. The van der Waals surface area contributed by atoms with Gasteiger partial charge in [-0.1, -0.05) is 0 Å². The van der Waals surface area contributed by atoms with Gasteiger partial charge in [0.15, 0.2) is 0 Å². The van der Waals surface area contributed by atoms with Gasteiger partial charge >= 0.3 is 0 Å². The van der Waals surface area contributed by atoms with Crippen LogP contribution in [0.3, 0.4) is 0 Å². The van der Waals surface area contributed by atoms with Gasteiger partial charge in [0.25, 0.3) is 17.7 Å². The molecule has 0 spiro atoms. The first-order chi connectivity index (χ1) is 11.4. The molecule has 1 heterocycles. The molecule has 0 unspecified atom stereocenters. The molecule has 1 aliphatic rings. The van der Waals surface area contributed by atoms with Crippen LogP contribution < -0.4 is 10.2 Å². The summed E-state index contributed by atoms with van der Waals surface area (Å²) in [6.45, 7) is 0. The minimum absolute atomic E-state index is 0.262. The van der Waals surface area contributed by atoms with Gasteiger partial charge in [-0.05, 0) is 42.5 Å². The first kappa shape index (κ1) is 15.7. The molecular weight excluding hydrogens is 306 g/mol. The predicted molar refractivity (Wildman–Crippen MR) is 91.6 cm³/mol. The fourth-order valence-corrected chi connectivity index (χ4v) is 2.55. The Balaban J connectivity index is 1.82. The number of hydrogen-bond donors (Lipinski definition) is 1. The Morgan fingerprint density at radius 3 is 2.21 bits per heavy atom. The molecule has 6 heteroatoms. The fraction of sp³-hybridized carbons (Fsp3) is 0.167. The zero-order valence-electron chi connectivity index (χ0n) is 13.7. The molecule has 0 saturated heterocycles. The number of fused-ring (bicyclic) bond motifs is 1. The Labute approximate surface area is 139 Å². The number of carbonyl (C=O) groups is 3. The topological polar surface area (TPSA) is 69.7 Å². The van der Waals surface area contributed by atoms with E-state index in [0.717, 1.165) is 10.6 Å². The standard InChI is InChI=1S/C18H17N3O3/c1-20(2)13-7-5-12(6-8-13)19-16(22)11-4-9-14-15(10-11)18(24)21(3)17(14)23/h4-10H,1-3H3,(H,19,22). The molecule has 122 valence electrons. The van der Waals surface area contributed by atoms with Crippen LogP contribution in [0.5, 0.6) is 0 Å². The molecule has 0 fully saturated rings. The highest BCUT2D eigenvalue weighted by Gasteiger charge is 2.33. The summed E-state index contributed by atoms with van der Waals surface area (Å²) in [7, 11) is 5.30. The van der Waals surface area contributed by atoms with E-state index >= 15 is 0 Å². The molecule has 0 atom stereocenters. The Kier molecular flexibility index (Phi) is 3.81. The maximum absolute atomic E-state index is 12.4. The number of nitrogens with zero attached hydrogens (tertiary/aromatic N) is 2. The maximum Gasteiger partial charge on any atom is 0.261 e. The molecule has 24 heavy (non-hydrogen) atoms. The molecule has 0 aliphatic carbocycles. The van der Waals surface area contributed by atoms with Crippen LogP contribution in [0.4, 0.5) is 11.4 Å². The Morgan fingerprint density at radius 2 is 1.58 bits per heavy atom. The molecule has 6 nitrogen and oxygen atoms in total. The summed E-state index contributed by atoms with van der Waals surface area (Å²) >= 11 is 0. The van der Waals surface area contributed by atoms with Crippen molar-refractivity contribution in [2.75, 3.05) is 31.4 Å². The zero-order valence-corrected chi connectivity index (χ0v) is 13.7. The van der Waals surface area contributed by atoms with Crippen LogP contribution in [0.1, 0.15) is 31.1 Å². The second kappa shape index (κ2) is 5.81. The maximum atomic E-state index is 12.4. The summed E-state index contributed by atoms with van der Waals surface area (Å²) in [5.74, 6) is -1.06. The van der Waals surface area contributed by atoms with E-state index < -0.39 is 0 Å². The van der Waals surface area contributed by atoms with Crippen molar-refractivity contribution in [3.05, 3.63) is 59.2 Å². The fourth-order valence-electron chi connectivity index (χ4n) is 2.55. The van der Waals surface area contributed by atoms with Gasteiger partial charge in [-0.3, -0.25) is 19.3 Å². The van der Waals surface area contributed by atoms with Gasteiger partial charge in [0.1, 0.15) is 0 Å². The number of carbonyl (C=O) groups excluding carboxylic acids is 3. The molecule has 1 aliphatic heterocycles. The Bertz CT molecular complexity index is 841. The lowest BCUT2D eigenvalue weighted by atomic mass is 10.1. The SMILES string of the molecule is CN1C(=O)c2ccc(C(=O)Nc3ccc(N(C)C)cc3)cc2C1=O. The van der Waals surface area contributed by atoms with Crippen LogP contribution in [-0.4, -0.2) is 43.8 Å². The Morgan fingerprint density at radius 1 is 0.958 bits per heavy atom. The summed E-state index contributed by atoms with van der Waals surface area (Å²) < 4.78 is 0. The lowest BCUT2D eigenvalue weighted by molar-refractivity contribution is 0.0693. The van der Waals surface area contributed by atoms with Crippen molar-refractivity contribution in [1.82, 2.24) is 4.90 Å². The third kappa shape index (κ3) is 2.62. The number of anilines is 2. The van der Waals surface area contributed by atoms with E-state index in [4.69, 9.17) is 0 Å². The van der Waals surface area contributed by atoms with Crippen LogP contribution in [0.25, 0.3) is 0 Å². The molecule has 1 N–H and O–H groups in total. The molecule has 0 saturated carbocycles. The van der Waals surface area contributed by atoms with Gasteiger partial charge in [0.05, 0.1) is 11.1 Å². The molecule has 0 bridgehead atoms. The number of amides is 3. The molecule has 0 aromatic heterocycles. The van der Waals surface area contributed by atoms with Crippen molar-refractivity contribution < 1.29 is 14.4 Å². The van der Waals surface area contributed by atoms with E-state index in [0.29, 0.717) is 16.8 Å². The number of imide groups is 1. The second-order valence-corrected chi connectivity index (χ2v) is 5.83. The van der Waals surface area contributed by atoms with E-state index in [1.807, 2.05) is 43.3 Å². The molecular formula is C18H17N3O3. The quantitative estimate of drug-likeness (QED) is 0.880. The van der Waals surface area contributed by atoms with E-state index in [-0.39, 0.29) is 23.3 Å². The summed E-state index contributed by atoms with van der Waals surface area (Å²) in [5, 5.41) is 2.79. The normalized spacial score (nSPS) is 13.0. The molecule has 2 aromatic carbocycles. The average molecular weight is 323 g/mol. The van der Waals surface area contributed by atoms with Gasteiger partial charge in [0.2, 0.25) is 0 Å². The number of benzene rings is 2. The minimum Gasteiger partial charge on any atom is -0.378 e. The van der Waals surface area contributed by atoms with Crippen molar-refractivity contribution in [2.45, 2.75) is 0 Å². The monoisotopic (exact) mass is 323 g/mol. The molecule has 2 aromatic rings. The lowest BCUT2D eigenvalue weighted by Gasteiger charge is -2.13. The van der Waals surface area contributed by atoms with E-state index in [2.05, 4.69) is 5.32 Å². The van der Waals surface area contributed by atoms with Crippen molar-refractivity contribution >= 4 is 29.1 Å². The third-order valence-electron chi connectivity index (χ3n) is 3.99. The van der Waals surface area contributed by atoms with Gasteiger partial charge in [0, 0.05) is 38.1 Å². The van der Waals surface area contributed by atoms with Gasteiger partial charge in [-0.15, -0.1) is 0 Å². The Hall–Kier alpha value is -3.15. The van der Waals surface area contributed by atoms with E-state index in [1.54, 1.807) is 6.07 Å². The summed E-state index contributed by atoms with van der Waals surface area (Å²) in [6, 6.07) is 11.9. The second-order valence-electron chi connectivity index (χ2n) is 5.83. The highest BCUT2D eigenvalue weighted by Crippen LogP contribution is 2.23. The first-order valence-corrected chi connectivity index (χ1v) is 7.43. The number of rotatable bonds is 3. The van der Waals surface area contributed by atoms with Crippen molar-refractivity contribution in [3.63, 3.8) is 0 Å². The molecule has 0 radical (unpaired) electrons. The molecule has 3 rings (SSSR count). The highest BCUT2D eigenvalue weighted by atomic mass is 16.2. The van der Waals surface area contributed by atoms with E-state index in [1.165, 1.54) is 19.2 Å². The van der Waals surface area contributed by atoms with Gasteiger partial charge in [-0.25, -0.2) is 0 Å². The van der Waals surface area contributed by atoms with Crippen LogP contribution in [-0.2, 0) is 0 Å². The van der Waals surface area contributed by atoms with Crippen molar-refractivity contribution in [3.8, 4) is 0 Å². The summed E-state index contributed by atoms with van der Waals surface area (Å²) in [4.78, 5) is 39.3. The lowest BCUT2D eigenvalue weighted by Crippen LogP contribution is -2.24. The van der Waals surface area contributed by atoms with Crippen LogP contribution in [0, 0.1) is 0 Å². The summed E-state index contributed by atoms with van der Waals surface area (Å²) in [5.41, 5.74) is 2.61. The first-order valence-electron chi connectivity index (χ1n) is 7.43. The highest BCUT2D eigenvalue weighted by molar-refractivity contribution is 6.22. The largest absolute Gasteiger partial charge is 0.378 e. The van der Waals surface area contributed by atoms with E-state index in [9.17, 15) is 14.4 Å². The van der Waals surface area contributed by atoms with Crippen LogP contribution >= 0.6 is 0 Å². The summed E-state index contributed by atoms with van der Waals surface area (Å²) in [6.07, 6.45) is 0. The van der Waals surface area contributed by atoms with Crippen LogP contribution in [0.2, 0.25) is 0 Å². The van der Waals surface area contributed by atoms with Gasteiger partial charge in [-0.2, -0.15) is 0 Å². The van der Waals surface area contributed by atoms with Crippen molar-refractivity contribution in [1.29, 1.82) is 0 Å². The van der Waals surface area contributed by atoms with Crippen LogP contribution in [0.15, 0.2) is 42.5 Å². The smallest absolute Gasteiger partial charge is 0.261 e. The van der Waals surface area contributed by atoms with Gasteiger partial charge < -0.3 is 10.2 Å². The predicted octanol–water partition coefficient (Wildman–Crippen LogP) is 2.23. The minimum atomic E-state index is -0.389. The number of nitrogens with one attached hydrogen (secondary N) is 1. The zero-order chi connectivity index (χ0) is 17.4.